The summed E-state index contributed by atoms with van der Waals surface area (Å²) in [5.41, 5.74) is 9.51. The molecule has 4 nitrogen and oxygen atoms in total. The fourth-order valence-electron chi connectivity index (χ4n) is 2.28. The Morgan fingerprint density at radius 2 is 2.14 bits per heavy atom. The first-order valence-corrected chi connectivity index (χ1v) is 8.38. The van der Waals surface area contributed by atoms with Crippen molar-refractivity contribution in [1.82, 2.24) is 5.32 Å². The highest BCUT2D eigenvalue weighted by Gasteiger charge is 2.15. The number of nitrogens with one attached hydrogen (secondary N) is 1. The zero-order valence-corrected chi connectivity index (χ0v) is 13.3. The maximum atomic E-state index is 12.1. The largest absolute Gasteiger partial charge is 0.397 e. The van der Waals surface area contributed by atoms with E-state index in [2.05, 4.69) is 16.8 Å². The second-order valence-electron chi connectivity index (χ2n) is 5.34. The normalized spacial score (nSPS) is 14.8. The Morgan fingerprint density at radius 3 is 2.76 bits per heavy atom. The average molecular weight is 305 g/mol. The highest BCUT2D eigenvalue weighted by atomic mass is 32.2. The molecule has 1 heterocycles. The molecule has 1 aromatic carbocycles. The van der Waals surface area contributed by atoms with Gasteiger partial charge in [0.1, 0.15) is 0 Å². The minimum atomic E-state index is -0.0799. The van der Waals surface area contributed by atoms with Crippen molar-refractivity contribution in [2.24, 2.45) is 0 Å². The van der Waals surface area contributed by atoms with Gasteiger partial charge in [0, 0.05) is 36.7 Å². The van der Waals surface area contributed by atoms with Crippen molar-refractivity contribution in [2.75, 3.05) is 41.8 Å². The number of nitrogen functional groups attached to an aromatic ring is 1. The molecule has 1 aliphatic rings. The summed E-state index contributed by atoms with van der Waals surface area (Å²) in [5.74, 6) is 2.18. The Kier molecular flexibility index (Phi) is 5.56. The van der Waals surface area contributed by atoms with E-state index in [1.807, 2.05) is 30.8 Å². The third-order valence-electron chi connectivity index (χ3n) is 3.48. The summed E-state index contributed by atoms with van der Waals surface area (Å²) in [6.07, 6.45) is 0.796. The smallest absolute Gasteiger partial charge is 0.251 e. The Labute approximate surface area is 130 Å². The maximum Gasteiger partial charge on any atom is 0.251 e. The number of benzene rings is 1. The lowest BCUT2D eigenvalue weighted by Crippen LogP contribution is -2.33. The molecule has 0 spiro atoms. The van der Waals surface area contributed by atoms with Crippen molar-refractivity contribution in [2.45, 2.75) is 13.3 Å². The van der Waals surface area contributed by atoms with Crippen molar-refractivity contribution in [3.8, 4) is 0 Å². The molecule has 0 atom stereocenters. The molecule has 5 heteroatoms. The first-order valence-electron chi connectivity index (χ1n) is 7.22. The van der Waals surface area contributed by atoms with Gasteiger partial charge in [-0.25, -0.2) is 0 Å². The van der Waals surface area contributed by atoms with Gasteiger partial charge in [0.25, 0.3) is 5.91 Å². The van der Waals surface area contributed by atoms with E-state index in [0.29, 0.717) is 17.8 Å². The van der Waals surface area contributed by atoms with Gasteiger partial charge in [-0.1, -0.05) is 5.57 Å². The summed E-state index contributed by atoms with van der Waals surface area (Å²) in [6, 6.07) is 5.58. The third-order valence-corrected chi connectivity index (χ3v) is 4.42. The molecule has 0 radical (unpaired) electrons. The van der Waals surface area contributed by atoms with Gasteiger partial charge < -0.3 is 16.0 Å². The van der Waals surface area contributed by atoms with Crippen LogP contribution in [0.25, 0.3) is 0 Å². The van der Waals surface area contributed by atoms with Crippen LogP contribution in [0.4, 0.5) is 11.4 Å². The lowest BCUT2D eigenvalue weighted by molar-refractivity contribution is 0.0954. The standard InChI is InChI=1S/C16H23N3OS/c1-12(2)5-6-18-16(20)13-3-4-15(14(17)11-13)19-7-9-21-10-8-19/h3-4,11H,1,5-10,17H2,2H3,(H,18,20). The number of nitrogens with two attached hydrogens (primary N) is 1. The highest BCUT2D eigenvalue weighted by Crippen LogP contribution is 2.26. The molecule has 2 rings (SSSR count). The minimum absolute atomic E-state index is 0.0799. The fraction of sp³-hybridized carbons (Fsp3) is 0.438. The summed E-state index contributed by atoms with van der Waals surface area (Å²) in [4.78, 5) is 14.3. The Hall–Kier alpha value is -1.62. The Bertz CT molecular complexity index is 524. The summed E-state index contributed by atoms with van der Waals surface area (Å²) >= 11 is 1.96. The first kappa shape index (κ1) is 15.8. The zero-order chi connectivity index (χ0) is 15.2. The predicted octanol–water partition coefficient (Wildman–Crippen LogP) is 2.52. The van der Waals surface area contributed by atoms with Crippen LogP contribution < -0.4 is 16.0 Å². The SMILES string of the molecule is C=C(C)CCNC(=O)c1ccc(N2CCSCC2)c(N)c1. The second-order valence-corrected chi connectivity index (χ2v) is 6.56. The lowest BCUT2D eigenvalue weighted by atomic mass is 10.1. The van der Waals surface area contributed by atoms with E-state index in [1.165, 1.54) is 0 Å². The van der Waals surface area contributed by atoms with Crippen LogP contribution in [-0.2, 0) is 0 Å². The first-order chi connectivity index (χ1) is 10.1. The van der Waals surface area contributed by atoms with E-state index in [1.54, 1.807) is 6.07 Å². The molecular formula is C16H23N3OS. The highest BCUT2D eigenvalue weighted by molar-refractivity contribution is 7.99. The van der Waals surface area contributed by atoms with Crippen molar-refractivity contribution in [3.63, 3.8) is 0 Å². The van der Waals surface area contributed by atoms with Gasteiger partial charge in [-0.2, -0.15) is 11.8 Å². The molecule has 1 saturated heterocycles. The number of nitrogens with zero attached hydrogens (tertiary/aromatic N) is 1. The molecule has 0 aromatic heterocycles. The molecule has 1 fully saturated rings. The molecule has 21 heavy (non-hydrogen) atoms. The monoisotopic (exact) mass is 305 g/mol. The van der Waals surface area contributed by atoms with Crippen LogP contribution in [0.15, 0.2) is 30.4 Å². The van der Waals surface area contributed by atoms with Crippen LogP contribution in [0.2, 0.25) is 0 Å². The number of anilines is 2. The van der Waals surface area contributed by atoms with E-state index < -0.39 is 0 Å². The van der Waals surface area contributed by atoms with E-state index in [0.717, 1.165) is 42.3 Å². The van der Waals surface area contributed by atoms with Gasteiger partial charge >= 0.3 is 0 Å². The maximum absolute atomic E-state index is 12.1. The molecule has 0 unspecified atom stereocenters. The van der Waals surface area contributed by atoms with Crippen LogP contribution in [0.5, 0.6) is 0 Å². The summed E-state index contributed by atoms with van der Waals surface area (Å²) < 4.78 is 0. The summed E-state index contributed by atoms with van der Waals surface area (Å²) in [6.45, 7) is 8.41. The number of carbonyl (C=O) groups is 1. The van der Waals surface area contributed by atoms with Crippen molar-refractivity contribution < 1.29 is 4.79 Å². The topological polar surface area (TPSA) is 58.4 Å². The quantitative estimate of drug-likeness (QED) is 0.648. The summed E-state index contributed by atoms with van der Waals surface area (Å²) in [5, 5.41) is 2.88. The number of hydrogen-bond acceptors (Lipinski definition) is 4. The molecule has 114 valence electrons. The van der Waals surface area contributed by atoms with Gasteiger partial charge in [0.15, 0.2) is 0 Å². The molecule has 1 aliphatic heterocycles. The van der Waals surface area contributed by atoms with Gasteiger partial charge in [-0.15, -0.1) is 6.58 Å². The number of carbonyl (C=O) groups excluding carboxylic acids is 1. The summed E-state index contributed by atoms with van der Waals surface area (Å²) in [7, 11) is 0. The van der Waals surface area contributed by atoms with Crippen molar-refractivity contribution in [3.05, 3.63) is 35.9 Å². The van der Waals surface area contributed by atoms with Crippen LogP contribution >= 0.6 is 11.8 Å². The number of rotatable bonds is 5. The second kappa shape index (κ2) is 7.41. The molecule has 0 bridgehead atoms. The molecular weight excluding hydrogens is 282 g/mol. The van der Waals surface area contributed by atoms with Crippen LogP contribution in [0, 0.1) is 0 Å². The Balaban J connectivity index is 2.00. The number of amides is 1. The molecule has 1 amide bonds. The van der Waals surface area contributed by atoms with Crippen LogP contribution in [-0.4, -0.2) is 37.0 Å². The van der Waals surface area contributed by atoms with Gasteiger partial charge in [0.2, 0.25) is 0 Å². The van der Waals surface area contributed by atoms with Crippen molar-refractivity contribution in [1.29, 1.82) is 0 Å². The minimum Gasteiger partial charge on any atom is -0.397 e. The molecule has 0 aliphatic carbocycles. The van der Waals surface area contributed by atoms with Crippen molar-refractivity contribution >= 4 is 29.0 Å². The third kappa shape index (κ3) is 4.43. The lowest BCUT2D eigenvalue weighted by Gasteiger charge is -2.29. The molecule has 3 N–H and O–H groups in total. The van der Waals surface area contributed by atoms with Crippen LogP contribution in [0.3, 0.4) is 0 Å². The van der Waals surface area contributed by atoms with E-state index in [4.69, 9.17) is 5.73 Å². The Morgan fingerprint density at radius 1 is 1.43 bits per heavy atom. The zero-order valence-electron chi connectivity index (χ0n) is 12.5. The number of hydrogen-bond donors (Lipinski definition) is 2. The van der Waals surface area contributed by atoms with E-state index >= 15 is 0 Å². The van der Waals surface area contributed by atoms with E-state index in [-0.39, 0.29) is 5.91 Å². The van der Waals surface area contributed by atoms with Gasteiger partial charge in [-0.3, -0.25) is 4.79 Å². The number of thioether (sulfide) groups is 1. The average Bonchev–Trinajstić information content (AvgIpc) is 2.47. The van der Waals surface area contributed by atoms with E-state index in [9.17, 15) is 4.79 Å². The van der Waals surface area contributed by atoms with Crippen LogP contribution in [0.1, 0.15) is 23.7 Å². The molecule has 0 saturated carbocycles. The predicted molar refractivity (Wildman–Crippen MR) is 92.2 cm³/mol. The molecule has 1 aromatic rings. The van der Waals surface area contributed by atoms with Gasteiger partial charge in [0.05, 0.1) is 11.4 Å². The van der Waals surface area contributed by atoms with Gasteiger partial charge in [-0.05, 0) is 31.5 Å². The fourth-order valence-corrected chi connectivity index (χ4v) is 3.18.